The SMILES string of the molecule is O=Cc1ccc(N2CCC(CC3CCN(C(=O)N(F)F)CC3)CC2)cc1. The van der Waals surface area contributed by atoms with Crippen molar-refractivity contribution in [2.24, 2.45) is 11.8 Å². The third-order valence-electron chi connectivity index (χ3n) is 5.71. The van der Waals surface area contributed by atoms with Gasteiger partial charge in [-0.15, -0.1) is 0 Å². The number of benzene rings is 1. The number of anilines is 1. The summed E-state index contributed by atoms with van der Waals surface area (Å²) >= 11 is 0. The number of likely N-dealkylation sites (tertiary alicyclic amines) is 1. The standard InChI is InChI=1S/C19H25F2N3O2/c20-24(21)19(26)23-11-7-16(8-12-23)13-15-5-9-22(10-6-15)18-3-1-17(14-25)2-4-18/h1-4,14-16H,5-13H2. The molecule has 2 aliphatic heterocycles. The second kappa shape index (κ2) is 8.47. The molecule has 2 heterocycles. The zero-order valence-corrected chi connectivity index (χ0v) is 14.8. The van der Waals surface area contributed by atoms with Crippen LogP contribution in [0.4, 0.5) is 19.4 Å². The van der Waals surface area contributed by atoms with Gasteiger partial charge in [-0.1, -0.05) is 8.96 Å². The van der Waals surface area contributed by atoms with Crippen LogP contribution in [0.15, 0.2) is 24.3 Å². The lowest BCUT2D eigenvalue weighted by atomic mass is 9.83. The lowest BCUT2D eigenvalue weighted by molar-refractivity contribution is -0.112. The second-order valence-electron chi connectivity index (χ2n) is 7.32. The molecule has 0 aromatic heterocycles. The molecule has 7 heteroatoms. The number of carbonyl (C=O) groups is 2. The molecule has 2 aliphatic rings. The number of nitrogens with zero attached hydrogens (tertiary/aromatic N) is 3. The number of amides is 2. The molecule has 2 saturated heterocycles. The number of hydrogen-bond donors (Lipinski definition) is 0. The zero-order valence-electron chi connectivity index (χ0n) is 14.8. The van der Waals surface area contributed by atoms with Crippen LogP contribution in [0, 0.1) is 11.8 Å². The van der Waals surface area contributed by atoms with Crippen molar-refractivity contribution in [2.75, 3.05) is 31.1 Å². The van der Waals surface area contributed by atoms with Crippen LogP contribution in [0.2, 0.25) is 0 Å². The minimum absolute atomic E-state index is 0.426. The first-order valence-electron chi connectivity index (χ1n) is 9.27. The highest BCUT2D eigenvalue weighted by Gasteiger charge is 2.29. The van der Waals surface area contributed by atoms with Gasteiger partial charge in [0.25, 0.3) is 0 Å². The van der Waals surface area contributed by atoms with E-state index < -0.39 is 11.4 Å². The summed E-state index contributed by atoms with van der Waals surface area (Å²) in [5, 5.41) is -1.32. The Labute approximate surface area is 152 Å². The van der Waals surface area contributed by atoms with Gasteiger partial charge in [0.2, 0.25) is 0 Å². The van der Waals surface area contributed by atoms with Crippen LogP contribution in [0.5, 0.6) is 0 Å². The molecule has 0 atom stereocenters. The van der Waals surface area contributed by atoms with E-state index in [9.17, 15) is 18.6 Å². The molecule has 5 nitrogen and oxygen atoms in total. The fraction of sp³-hybridized carbons (Fsp3) is 0.579. The van der Waals surface area contributed by atoms with Gasteiger partial charge in [0.1, 0.15) is 6.29 Å². The van der Waals surface area contributed by atoms with E-state index in [0.29, 0.717) is 30.5 Å². The monoisotopic (exact) mass is 365 g/mol. The van der Waals surface area contributed by atoms with Gasteiger partial charge in [0, 0.05) is 42.8 Å². The molecule has 0 aliphatic carbocycles. The van der Waals surface area contributed by atoms with Crippen molar-refractivity contribution in [2.45, 2.75) is 32.1 Å². The van der Waals surface area contributed by atoms with Gasteiger partial charge in [-0.3, -0.25) is 4.79 Å². The molecule has 2 amide bonds. The predicted molar refractivity (Wildman–Crippen MR) is 95.1 cm³/mol. The molecule has 1 aromatic carbocycles. The van der Waals surface area contributed by atoms with Gasteiger partial charge in [0.15, 0.2) is 0 Å². The smallest absolute Gasteiger partial charge is 0.372 e. The van der Waals surface area contributed by atoms with Crippen LogP contribution in [-0.2, 0) is 0 Å². The average molecular weight is 365 g/mol. The van der Waals surface area contributed by atoms with Crippen molar-refractivity contribution in [3.8, 4) is 0 Å². The zero-order chi connectivity index (χ0) is 18.5. The maximum Gasteiger partial charge on any atom is 0.378 e. The summed E-state index contributed by atoms with van der Waals surface area (Å²) < 4.78 is 24.6. The van der Waals surface area contributed by atoms with Crippen LogP contribution in [0.3, 0.4) is 0 Å². The quantitative estimate of drug-likeness (QED) is 0.598. The molecule has 0 saturated carbocycles. The number of urea groups is 1. The molecular formula is C19H25F2N3O2. The number of piperidine rings is 2. The molecule has 142 valence electrons. The van der Waals surface area contributed by atoms with E-state index >= 15 is 0 Å². The average Bonchev–Trinajstić information content (AvgIpc) is 2.68. The van der Waals surface area contributed by atoms with Crippen LogP contribution < -0.4 is 4.90 Å². The van der Waals surface area contributed by atoms with Gasteiger partial charge in [-0.2, -0.15) is 0 Å². The molecule has 0 radical (unpaired) electrons. The molecule has 0 spiro atoms. The Morgan fingerprint density at radius 1 is 1.00 bits per heavy atom. The van der Waals surface area contributed by atoms with Gasteiger partial charge in [0.05, 0.1) is 0 Å². The predicted octanol–water partition coefficient (Wildman–Crippen LogP) is 4.01. The van der Waals surface area contributed by atoms with Crippen LogP contribution in [0.1, 0.15) is 42.5 Å². The van der Waals surface area contributed by atoms with E-state index in [2.05, 4.69) is 4.90 Å². The maximum atomic E-state index is 12.3. The molecule has 0 unspecified atom stereocenters. The summed E-state index contributed by atoms with van der Waals surface area (Å²) in [6.07, 6.45) is 5.84. The molecule has 1 aromatic rings. The van der Waals surface area contributed by atoms with Crippen molar-refractivity contribution in [3.05, 3.63) is 29.8 Å². The molecule has 0 bridgehead atoms. The Kier molecular flexibility index (Phi) is 6.06. The van der Waals surface area contributed by atoms with Crippen LogP contribution in [0.25, 0.3) is 0 Å². The van der Waals surface area contributed by atoms with Crippen LogP contribution in [-0.4, -0.2) is 48.7 Å². The van der Waals surface area contributed by atoms with E-state index in [4.69, 9.17) is 0 Å². The summed E-state index contributed by atoms with van der Waals surface area (Å²) in [5.74, 6) is 1.18. The summed E-state index contributed by atoms with van der Waals surface area (Å²) in [7, 11) is 0. The van der Waals surface area contributed by atoms with Gasteiger partial charge in [-0.25, -0.2) is 4.79 Å². The highest BCUT2D eigenvalue weighted by atomic mass is 19.4. The van der Waals surface area contributed by atoms with Crippen LogP contribution >= 0.6 is 0 Å². The normalized spacial score (nSPS) is 19.5. The highest BCUT2D eigenvalue weighted by molar-refractivity contribution is 5.75. The van der Waals surface area contributed by atoms with Crippen molar-refractivity contribution >= 4 is 18.0 Å². The second-order valence-corrected chi connectivity index (χ2v) is 7.32. The highest BCUT2D eigenvalue weighted by Crippen LogP contribution is 2.31. The third kappa shape index (κ3) is 4.51. The summed E-state index contributed by atoms with van der Waals surface area (Å²) in [6, 6.07) is 6.50. The van der Waals surface area contributed by atoms with Crippen molar-refractivity contribution < 1.29 is 18.6 Å². The number of hydrogen-bond acceptors (Lipinski definition) is 3. The van der Waals surface area contributed by atoms with E-state index in [-0.39, 0.29) is 0 Å². The lowest BCUT2D eigenvalue weighted by Crippen LogP contribution is -2.42. The van der Waals surface area contributed by atoms with Crippen molar-refractivity contribution in [1.29, 1.82) is 0 Å². The number of rotatable bonds is 4. The van der Waals surface area contributed by atoms with Gasteiger partial charge >= 0.3 is 6.03 Å². The first-order valence-corrected chi connectivity index (χ1v) is 9.27. The third-order valence-corrected chi connectivity index (χ3v) is 5.71. The Balaban J connectivity index is 1.42. The summed E-state index contributed by atoms with van der Waals surface area (Å²) in [6.45, 7) is 2.85. The lowest BCUT2D eigenvalue weighted by Gasteiger charge is -2.37. The Morgan fingerprint density at radius 2 is 1.54 bits per heavy atom. The molecule has 3 rings (SSSR count). The largest absolute Gasteiger partial charge is 0.378 e. The van der Waals surface area contributed by atoms with E-state index in [1.54, 1.807) is 0 Å². The first kappa shape index (κ1) is 18.6. The summed E-state index contributed by atoms with van der Waals surface area (Å²) in [5.41, 5.74) is 1.85. The van der Waals surface area contributed by atoms with E-state index in [1.807, 2.05) is 24.3 Å². The minimum atomic E-state index is -1.32. The fourth-order valence-electron chi connectivity index (χ4n) is 4.13. The number of halogens is 2. The molecule has 0 N–H and O–H groups in total. The molecule has 26 heavy (non-hydrogen) atoms. The topological polar surface area (TPSA) is 43.9 Å². The number of aldehydes is 1. The van der Waals surface area contributed by atoms with Gasteiger partial charge in [-0.05, 0) is 68.2 Å². The Hall–Kier alpha value is -2.18. The maximum absolute atomic E-state index is 12.3. The Morgan fingerprint density at radius 3 is 2.04 bits per heavy atom. The molecular weight excluding hydrogens is 340 g/mol. The van der Waals surface area contributed by atoms with E-state index in [0.717, 1.165) is 57.2 Å². The summed E-state index contributed by atoms with van der Waals surface area (Å²) in [4.78, 5) is 25.6. The van der Waals surface area contributed by atoms with E-state index in [1.165, 1.54) is 4.90 Å². The van der Waals surface area contributed by atoms with Gasteiger partial charge < -0.3 is 9.80 Å². The molecule has 2 fully saturated rings. The van der Waals surface area contributed by atoms with Crippen molar-refractivity contribution in [1.82, 2.24) is 10.2 Å². The number of carbonyl (C=O) groups excluding carboxylic acids is 2. The Bertz CT molecular complexity index is 608. The first-order chi connectivity index (χ1) is 12.6. The fourth-order valence-corrected chi connectivity index (χ4v) is 4.13. The van der Waals surface area contributed by atoms with Crippen molar-refractivity contribution in [3.63, 3.8) is 0 Å². The minimum Gasteiger partial charge on any atom is -0.372 e.